The molecule has 2 nitrogen and oxygen atoms in total. The number of carbonyl (C=O) groups is 1. The molecule has 0 unspecified atom stereocenters. The van der Waals surface area contributed by atoms with Gasteiger partial charge in [0, 0.05) is 12.8 Å². The first-order chi connectivity index (χ1) is 9.44. The van der Waals surface area contributed by atoms with Crippen molar-refractivity contribution in [3.8, 4) is 0 Å². The fourth-order valence-electron chi connectivity index (χ4n) is 4.35. The van der Waals surface area contributed by atoms with Crippen LogP contribution in [-0.4, -0.2) is 11.6 Å². The van der Waals surface area contributed by atoms with Gasteiger partial charge in [-0.3, -0.25) is 4.79 Å². The average Bonchev–Trinajstić information content (AvgIpc) is 2.91. The van der Waals surface area contributed by atoms with Crippen LogP contribution in [0.25, 0.3) is 0 Å². The lowest BCUT2D eigenvalue weighted by molar-refractivity contribution is -0.149. The first kappa shape index (κ1) is 13.9. The van der Waals surface area contributed by atoms with Gasteiger partial charge in [-0.25, -0.2) is 0 Å². The van der Waals surface area contributed by atoms with Crippen LogP contribution in [0.2, 0.25) is 0 Å². The third-order valence-corrected chi connectivity index (χ3v) is 5.14. The molecule has 20 heavy (non-hydrogen) atoms. The van der Waals surface area contributed by atoms with Crippen molar-refractivity contribution in [2.45, 2.75) is 64.9 Å². The van der Waals surface area contributed by atoms with Crippen LogP contribution in [0.5, 0.6) is 0 Å². The molecule has 0 heterocycles. The predicted molar refractivity (Wildman–Crippen MR) is 80.2 cm³/mol. The van der Waals surface area contributed by atoms with Crippen LogP contribution in [-0.2, 0) is 9.53 Å². The Hall–Kier alpha value is -1.05. The van der Waals surface area contributed by atoms with E-state index in [1.54, 1.807) is 5.57 Å². The summed E-state index contributed by atoms with van der Waals surface area (Å²) < 4.78 is 5.38. The Bertz CT molecular complexity index is 464. The van der Waals surface area contributed by atoms with E-state index in [0.29, 0.717) is 5.92 Å². The first-order valence-electron chi connectivity index (χ1n) is 8.06. The van der Waals surface area contributed by atoms with Gasteiger partial charge < -0.3 is 4.74 Å². The molecule has 0 spiro atoms. The summed E-state index contributed by atoms with van der Waals surface area (Å²) in [6.07, 6.45) is 12.9. The standard InChI is InChI=1S/C18H26O2/c1-12(19)20-18(2,3)11-16-9-15-8-14(10-17(15)16)13-6-4-5-7-13/h10-11,13,15,17H,4-9H2,1-3H3/t15-,17-/m0/s1. The monoisotopic (exact) mass is 274 g/mol. The lowest BCUT2D eigenvalue weighted by Gasteiger charge is -2.36. The van der Waals surface area contributed by atoms with E-state index in [0.717, 1.165) is 11.8 Å². The summed E-state index contributed by atoms with van der Waals surface area (Å²) in [6, 6.07) is 0. The molecule has 2 saturated carbocycles. The molecule has 3 aliphatic rings. The Balaban J connectivity index is 1.68. The van der Waals surface area contributed by atoms with Gasteiger partial charge in [-0.2, -0.15) is 0 Å². The van der Waals surface area contributed by atoms with Crippen molar-refractivity contribution < 1.29 is 9.53 Å². The second-order valence-electron chi connectivity index (χ2n) is 7.33. The van der Waals surface area contributed by atoms with Crippen molar-refractivity contribution >= 4 is 5.97 Å². The number of esters is 1. The number of hydrogen-bond donors (Lipinski definition) is 0. The van der Waals surface area contributed by atoms with E-state index >= 15 is 0 Å². The molecule has 0 radical (unpaired) electrons. The molecule has 0 bridgehead atoms. The highest BCUT2D eigenvalue weighted by Crippen LogP contribution is 2.53. The Morgan fingerprint density at radius 3 is 2.65 bits per heavy atom. The van der Waals surface area contributed by atoms with Crippen molar-refractivity contribution in [3.05, 3.63) is 23.3 Å². The molecule has 2 heteroatoms. The van der Waals surface area contributed by atoms with Gasteiger partial charge >= 0.3 is 5.97 Å². The number of allylic oxidation sites excluding steroid dienone is 3. The topological polar surface area (TPSA) is 26.3 Å². The minimum Gasteiger partial charge on any atom is -0.456 e. The summed E-state index contributed by atoms with van der Waals surface area (Å²) in [4.78, 5) is 11.1. The van der Waals surface area contributed by atoms with Crippen LogP contribution in [0, 0.1) is 17.8 Å². The van der Waals surface area contributed by atoms with Gasteiger partial charge in [0.25, 0.3) is 0 Å². The van der Waals surface area contributed by atoms with Gasteiger partial charge in [-0.15, -0.1) is 0 Å². The number of rotatable bonds is 3. The highest BCUT2D eigenvalue weighted by Gasteiger charge is 2.42. The Morgan fingerprint density at radius 2 is 2.00 bits per heavy atom. The van der Waals surface area contributed by atoms with Crippen molar-refractivity contribution in [2.75, 3.05) is 0 Å². The van der Waals surface area contributed by atoms with Crippen LogP contribution < -0.4 is 0 Å². The summed E-state index contributed by atoms with van der Waals surface area (Å²) >= 11 is 0. The SMILES string of the molecule is CC(=O)OC(C)(C)C=C1C[C@@H]2CC(C3CCCC3)=C[C@H]12. The minimum absolute atomic E-state index is 0.198. The molecule has 0 aliphatic heterocycles. The molecule has 0 aromatic carbocycles. The molecule has 0 aromatic rings. The molecule has 110 valence electrons. The molecule has 2 fully saturated rings. The van der Waals surface area contributed by atoms with Crippen molar-refractivity contribution in [1.82, 2.24) is 0 Å². The van der Waals surface area contributed by atoms with Crippen LogP contribution >= 0.6 is 0 Å². The van der Waals surface area contributed by atoms with Crippen LogP contribution in [0.4, 0.5) is 0 Å². The largest absolute Gasteiger partial charge is 0.456 e. The Kier molecular flexibility index (Phi) is 3.51. The van der Waals surface area contributed by atoms with E-state index in [9.17, 15) is 4.79 Å². The summed E-state index contributed by atoms with van der Waals surface area (Å²) in [5.41, 5.74) is 2.75. The normalized spacial score (nSPS) is 31.9. The molecule has 0 aromatic heterocycles. The molecule has 0 N–H and O–H groups in total. The van der Waals surface area contributed by atoms with E-state index < -0.39 is 5.60 Å². The van der Waals surface area contributed by atoms with Gasteiger partial charge in [0.15, 0.2) is 0 Å². The Labute approximate surface area is 122 Å². The molecular weight excluding hydrogens is 248 g/mol. The lowest BCUT2D eigenvalue weighted by Crippen LogP contribution is -2.30. The smallest absolute Gasteiger partial charge is 0.303 e. The molecule has 0 saturated heterocycles. The maximum absolute atomic E-state index is 11.1. The molecule has 3 aliphatic carbocycles. The van der Waals surface area contributed by atoms with Crippen molar-refractivity contribution in [3.63, 3.8) is 0 Å². The average molecular weight is 274 g/mol. The summed E-state index contributed by atoms with van der Waals surface area (Å²) in [6.45, 7) is 5.44. The number of ether oxygens (including phenoxy) is 1. The zero-order chi connectivity index (χ0) is 14.3. The summed E-state index contributed by atoms with van der Waals surface area (Å²) in [5, 5.41) is 0. The third kappa shape index (κ3) is 2.70. The van der Waals surface area contributed by atoms with Crippen LogP contribution in [0.3, 0.4) is 0 Å². The maximum Gasteiger partial charge on any atom is 0.303 e. The van der Waals surface area contributed by atoms with Crippen molar-refractivity contribution in [1.29, 1.82) is 0 Å². The van der Waals surface area contributed by atoms with E-state index in [-0.39, 0.29) is 5.97 Å². The van der Waals surface area contributed by atoms with Gasteiger partial charge in [0.05, 0.1) is 0 Å². The summed E-state index contributed by atoms with van der Waals surface area (Å²) in [7, 11) is 0. The first-order valence-corrected chi connectivity index (χ1v) is 8.06. The van der Waals surface area contributed by atoms with Gasteiger partial charge in [-0.1, -0.05) is 30.1 Å². The highest BCUT2D eigenvalue weighted by atomic mass is 16.6. The number of hydrogen-bond acceptors (Lipinski definition) is 2. The second-order valence-corrected chi connectivity index (χ2v) is 7.33. The molecule has 3 rings (SSSR count). The highest BCUT2D eigenvalue weighted by molar-refractivity contribution is 5.66. The fourth-order valence-corrected chi connectivity index (χ4v) is 4.35. The number of carbonyl (C=O) groups excluding carboxylic acids is 1. The zero-order valence-corrected chi connectivity index (χ0v) is 12.9. The predicted octanol–water partition coefficient (Wildman–Crippen LogP) is 4.41. The van der Waals surface area contributed by atoms with E-state index in [4.69, 9.17) is 4.74 Å². The number of fused-ring (bicyclic) bond motifs is 1. The maximum atomic E-state index is 11.1. The molecule has 0 amide bonds. The van der Waals surface area contributed by atoms with Crippen molar-refractivity contribution in [2.24, 2.45) is 17.8 Å². The second kappa shape index (κ2) is 5.05. The quantitative estimate of drug-likeness (QED) is 0.563. The van der Waals surface area contributed by atoms with E-state index in [1.165, 1.54) is 51.0 Å². The van der Waals surface area contributed by atoms with E-state index in [2.05, 4.69) is 12.2 Å². The molecule has 2 atom stereocenters. The fraction of sp³-hybridized carbons (Fsp3) is 0.722. The third-order valence-electron chi connectivity index (χ3n) is 5.14. The molecular formula is C18H26O2. The van der Waals surface area contributed by atoms with Gasteiger partial charge in [0.2, 0.25) is 0 Å². The zero-order valence-electron chi connectivity index (χ0n) is 12.9. The van der Waals surface area contributed by atoms with E-state index in [1.807, 2.05) is 13.8 Å². The minimum atomic E-state index is -0.462. The van der Waals surface area contributed by atoms with Gasteiger partial charge in [0.1, 0.15) is 5.60 Å². The van der Waals surface area contributed by atoms with Gasteiger partial charge in [-0.05, 0) is 57.4 Å². The lowest BCUT2D eigenvalue weighted by atomic mass is 9.70. The van der Waals surface area contributed by atoms with Crippen LogP contribution in [0.1, 0.15) is 59.3 Å². The Morgan fingerprint density at radius 1 is 1.30 bits per heavy atom. The summed E-state index contributed by atoms with van der Waals surface area (Å²) in [5.74, 6) is 2.16. The van der Waals surface area contributed by atoms with Crippen LogP contribution in [0.15, 0.2) is 23.3 Å².